The molecule has 0 spiro atoms. The fourth-order valence-corrected chi connectivity index (χ4v) is 3.73. The third-order valence-corrected chi connectivity index (χ3v) is 5.25. The van der Waals surface area contributed by atoms with E-state index in [9.17, 15) is 9.59 Å². The van der Waals surface area contributed by atoms with Gasteiger partial charge < -0.3 is 25.2 Å². The molecule has 27 heavy (non-hydrogen) atoms. The van der Waals surface area contributed by atoms with Gasteiger partial charge in [-0.05, 0) is 63.0 Å². The average Bonchev–Trinajstić information content (AvgIpc) is 3.06. The van der Waals surface area contributed by atoms with Crippen molar-refractivity contribution in [3.63, 3.8) is 0 Å². The Morgan fingerprint density at radius 3 is 2.67 bits per heavy atom. The quantitative estimate of drug-likeness (QED) is 0.846. The lowest BCUT2D eigenvalue weighted by Crippen LogP contribution is -2.43. The van der Waals surface area contributed by atoms with Crippen LogP contribution < -0.4 is 10.6 Å². The van der Waals surface area contributed by atoms with E-state index in [0.717, 1.165) is 37.3 Å². The van der Waals surface area contributed by atoms with Gasteiger partial charge in [0.15, 0.2) is 0 Å². The number of benzene rings is 1. The van der Waals surface area contributed by atoms with Gasteiger partial charge in [0.25, 0.3) is 5.91 Å². The molecule has 3 amide bonds. The highest BCUT2D eigenvalue weighted by molar-refractivity contribution is 5.96. The van der Waals surface area contributed by atoms with Crippen molar-refractivity contribution in [3.05, 3.63) is 29.3 Å². The van der Waals surface area contributed by atoms with Crippen molar-refractivity contribution < 1.29 is 14.3 Å². The number of carbonyl (C=O) groups excluding carboxylic acids is 2. The molecule has 0 radical (unpaired) electrons. The van der Waals surface area contributed by atoms with E-state index in [2.05, 4.69) is 15.5 Å². The van der Waals surface area contributed by atoms with E-state index in [4.69, 9.17) is 4.74 Å². The van der Waals surface area contributed by atoms with Crippen LogP contribution in [0.3, 0.4) is 0 Å². The molecular formula is C20H30N4O3. The fourth-order valence-electron chi connectivity index (χ4n) is 3.73. The number of aryl methyl sites for hydroxylation is 1. The number of hydrogen-bond donors (Lipinski definition) is 2. The molecule has 2 aliphatic rings. The summed E-state index contributed by atoms with van der Waals surface area (Å²) in [6.07, 6.45) is 3.41. The first-order valence-corrected chi connectivity index (χ1v) is 9.79. The summed E-state index contributed by atoms with van der Waals surface area (Å²) in [6, 6.07) is 5.19. The van der Waals surface area contributed by atoms with Crippen LogP contribution in [-0.4, -0.2) is 74.2 Å². The minimum absolute atomic E-state index is 0.0630. The van der Waals surface area contributed by atoms with Gasteiger partial charge >= 0.3 is 6.03 Å². The average molecular weight is 374 g/mol. The second-order valence-electron chi connectivity index (χ2n) is 7.34. The summed E-state index contributed by atoms with van der Waals surface area (Å²) in [5.41, 5.74) is 2.18. The van der Waals surface area contributed by atoms with E-state index in [1.54, 1.807) is 25.2 Å². The van der Waals surface area contributed by atoms with Gasteiger partial charge in [0.1, 0.15) is 0 Å². The van der Waals surface area contributed by atoms with Crippen LogP contribution in [0, 0.1) is 6.92 Å². The predicted octanol–water partition coefficient (Wildman–Crippen LogP) is 2.07. The number of rotatable bonds is 4. The largest absolute Gasteiger partial charge is 0.375 e. The number of carbonyl (C=O) groups is 2. The predicted molar refractivity (Wildman–Crippen MR) is 105 cm³/mol. The smallest absolute Gasteiger partial charge is 0.321 e. The molecule has 1 atom stereocenters. The molecule has 0 bridgehead atoms. The van der Waals surface area contributed by atoms with Crippen molar-refractivity contribution in [1.29, 1.82) is 0 Å². The number of likely N-dealkylation sites (tertiary alicyclic amines) is 1. The van der Waals surface area contributed by atoms with Crippen molar-refractivity contribution in [1.82, 2.24) is 15.1 Å². The van der Waals surface area contributed by atoms with Crippen molar-refractivity contribution in [2.45, 2.75) is 32.3 Å². The molecule has 2 N–H and O–H groups in total. The van der Waals surface area contributed by atoms with Crippen LogP contribution in [-0.2, 0) is 4.74 Å². The molecule has 148 valence electrons. The van der Waals surface area contributed by atoms with Gasteiger partial charge in [0.05, 0.1) is 6.10 Å². The Kier molecular flexibility index (Phi) is 6.68. The summed E-state index contributed by atoms with van der Waals surface area (Å²) < 4.78 is 5.97. The van der Waals surface area contributed by atoms with Crippen LogP contribution in [0.4, 0.5) is 10.5 Å². The molecule has 0 unspecified atom stereocenters. The van der Waals surface area contributed by atoms with Crippen molar-refractivity contribution >= 4 is 17.6 Å². The second kappa shape index (κ2) is 9.19. The zero-order chi connectivity index (χ0) is 19.2. The van der Waals surface area contributed by atoms with Crippen LogP contribution >= 0.6 is 0 Å². The molecule has 2 saturated heterocycles. The highest BCUT2D eigenvalue weighted by Crippen LogP contribution is 2.18. The molecule has 0 saturated carbocycles. The minimum atomic E-state index is -0.134. The number of nitrogens with one attached hydrogen (secondary N) is 2. The molecule has 0 aliphatic carbocycles. The minimum Gasteiger partial charge on any atom is -0.375 e. The number of nitrogens with zero attached hydrogens (tertiary/aromatic N) is 2. The van der Waals surface area contributed by atoms with Gasteiger partial charge in [-0.2, -0.15) is 0 Å². The first-order chi connectivity index (χ1) is 13.1. The highest BCUT2D eigenvalue weighted by atomic mass is 16.5. The van der Waals surface area contributed by atoms with E-state index in [0.29, 0.717) is 25.3 Å². The third-order valence-electron chi connectivity index (χ3n) is 5.25. The van der Waals surface area contributed by atoms with Crippen LogP contribution in [0.2, 0.25) is 0 Å². The Balaban J connectivity index is 1.61. The Morgan fingerprint density at radius 2 is 1.96 bits per heavy atom. The summed E-state index contributed by atoms with van der Waals surface area (Å²) in [7, 11) is 1.60. The number of amides is 3. The normalized spacial score (nSPS) is 21.0. The summed E-state index contributed by atoms with van der Waals surface area (Å²) in [6.45, 7) is 7.04. The van der Waals surface area contributed by atoms with Crippen LogP contribution in [0.25, 0.3) is 0 Å². The van der Waals surface area contributed by atoms with Crippen molar-refractivity contribution in [2.24, 2.45) is 0 Å². The standard InChI is InChI=1S/C20H30N4O3/c1-15-12-16(19(25)21-2)6-7-18(15)22-20(26)24-10-5-11-27-17(14-24)13-23-8-3-4-9-23/h6-7,12,17H,3-5,8-11,13-14H2,1-2H3,(H,21,25)(H,22,26)/t17-/m0/s1. The maximum atomic E-state index is 12.8. The molecular weight excluding hydrogens is 344 g/mol. The van der Waals surface area contributed by atoms with Crippen molar-refractivity contribution in [3.8, 4) is 0 Å². The lowest BCUT2D eigenvalue weighted by Gasteiger charge is -2.27. The fraction of sp³-hybridized carbons (Fsp3) is 0.600. The van der Waals surface area contributed by atoms with Gasteiger partial charge in [-0.15, -0.1) is 0 Å². The summed E-state index contributed by atoms with van der Waals surface area (Å²) >= 11 is 0. The van der Waals surface area contributed by atoms with E-state index >= 15 is 0 Å². The molecule has 1 aromatic carbocycles. The maximum Gasteiger partial charge on any atom is 0.321 e. The van der Waals surface area contributed by atoms with E-state index < -0.39 is 0 Å². The molecule has 7 heteroatoms. The van der Waals surface area contributed by atoms with Crippen molar-refractivity contribution in [2.75, 3.05) is 51.7 Å². The Bertz CT molecular complexity index is 673. The lowest BCUT2D eigenvalue weighted by molar-refractivity contribution is 0.0355. The van der Waals surface area contributed by atoms with Gasteiger partial charge in [0.2, 0.25) is 0 Å². The first kappa shape index (κ1) is 19.6. The van der Waals surface area contributed by atoms with Gasteiger partial charge in [-0.25, -0.2) is 4.79 Å². The van der Waals surface area contributed by atoms with Crippen LogP contribution in [0.1, 0.15) is 35.2 Å². The van der Waals surface area contributed by atoms with E-state index in [1.165, 1.54) is 12.8 Å². The molecule has 3 rings (SSSR count). The van der Waals surface area contributed by atoms with Gasteiger partial charge in [-0.1, -0.05) is 0 Å². The Morgan fingerprint density at radius 1 is 1.19 bits per heavy atom. The van der Waals surface area contributed by atoms with E-state index in [1.807, 2.05) is 11.8 Å². The number of hydrogen-bond acceptors (Lipinski definition) is 4. The molecule has 2 aliphatic heterocycles. The topological polar surface area (TPSA) is 73.9 Å². The third kappa shape index (κ3) is 5.20. The van der Waals surface area contributed by atoms with E-state index in [-0.39, 0.29) is 18.0 Å². The van der Waals surface area contributed by atoms with Gasteiger partial charge in [0, 0.05) is 44.5 Å². The molecule has 2 fully saturated rings. The van der Waals surface area contributed by atoms with Crippen LogP contribution in [0.5, 0.6) is 0 Å². The lowest BCUT2D eigenvalue weighted by atomic mass is 10.1. The zero-order valence-electron chi connectivity index (χ0n) is 16.3. The van der Waals surface area contributed by atoms with Crippen LogP contribution in [0.15, 0.2) is 18.2 Å². The monoisotopic (exact) mass is 374 g/mol. The first-order valence-electron chi connectivity index (χ1n) is 9.79. The molecule has 7 nitrogen and oxygen atoms in total. The second-order valence-corrected chi connectivity index (χ2v) is 7.34. The summed E-state index contributed by atoms with van der Waals surface area (Å²) in [4.78, 5) is 28.8. The summed E-state index contributed by atoms with van der Waals surface area (Å²) in [5.74, 6) is -0.134. The van der Waals surface area contributed by atoms with Gasteiger partial charge in [-0.3, -0.25) is 4.79 Å². The number of urea groups is 1. The molecule has 0 aromatic heterocycles. The Hall–Kier alpha value is -2.12. The molecule has 1 aromatic rings. The number of anilines is 1. The zero-order valence-corrected chi connectivity index (χ0v) is 16.3. The Labute approximate surface area is 161 Å². The maximum absolute atomic E-state index is 12.8. The summed E-state index contributed by atoms with van der Waals surface area (Å²) in [5, 5.41) is 5.60. The SMILES string of the molecule is CNC(=O)c1ccc(NC(=O)N2CCCO[C@@H](CN3CCCC3)C2)c(C)c1. The highest BCUT2D eigenvalue weighted by Gasteiger charge is 2.25. The molecule has 2 heterocycles. The number of ether oxygens (including phenoxy) is 1.